The van der Waals surface area contributed by atoms with Gasteiger partial charge in [0.25, 0.3) is 0 Å². The van der Waals surface area contributed by atoms with E-state index in [1.54, 1.807) is 26.2 Å². The number of aliphatic hydroxyl groups excluding tert-OH is 2. The van der Waals surface area contributed by atoms with E-state index in [0.717, 1.165) is 33.0 Å². The van der Waals surface area contributed by atoms with Gasteiger partial charge in [-0.3, -0.25) is 9.97 Å². The highest BCUT2D eigenvalue weighted by Gasteiger charge is 2.47. The Hall–Kier alpha value is -3.25. The molecule has 10 nitrogen and oxygen atoms in total. The Morgan fingerprint density at radius 2 is 1.73 bits per heavy atom. The Morgan fingerprint density at radius 1 is 1.00 bits per heavy atom. The van der Waals surface area contributed by atoms with Gasteiger partial charge in [-0.15, -0.1) is 11.3 Å². The van der Waals surface area contributed by atoms with Gasteiger partial charge in [-0.05, 0) is 59.2 Å². The second kappa shape index (κ2) is 9.56. The van der Waals surface area contributed by atoms with Crippen molar-refractivity contribution in [3.8, 4) is 10.6 Å². The maximum atomic E-state index is 10.8. The fourth-order valence-corrected chi connectivity index (χ4v) is 5.92. The molecule has 1 unspecified atom stereocenters. The van der Waals surface area contributed by atoms with Crippen LogP contribution in [0.5, 0.6) is 0 Å². The molecule has 11 heteroatoms. The first-order valence-electron chi connectivity index (χ1n) is 12.2. The number of aryl methyl sites for hydroxylation is 3. The van der Waals surface area contributed by atoms with Crippen LogP contribution < -0.4 is 10.6 Å². The second-order valence-electron chi connectivity index (χ2n) is 10.2. The van der Waals surface area contributed by atoms with E-state index in [4.69, 9.17) is 9.97 Å². The standard InChI is InChI=1S/C26H31N7O3S/c1-12-8-15(9-13(2)29-12)30-25-28-11-16(24-32-20-14(3)27-7-6-19(20)37-24)23(33-25)31-18-10-17(26(4,5)36)21(34)22(18)35/h6-9,11,17-18,21-22,34-36H,10H2,1-5H3,(H2,28,29,30,31,33)/t17-,18?,21-,22+/m1/s1. The van der Waals surface area contributed by atoms with E-state index >= 15 is 0 Å². The van der Waals surface area contributed by atoms with E-state index in [1.807, 2.05) is 39.0 Å². The van der Waals surface area contributed by atoms with Crippen LogP contribution in [0.2, 0.25) is 0 Å². The van der Waals surface area contributed by atoms with Crippen LogP contribution in [0.3, 0.4) is 0 Å². The largest absolute Gasteiger partial charge is 0.390 e. The van der Waals surface area contributed by atoms with Gasteiger partial charge < -0.3 is 26.0 Å². The van der Waals surface area contributed by atoms with Crippen molar-refractivity contribution in [3.05, 3.63) is 47.7 Å². The Morgan fingerprint density at radius 3 is 2.38 bits per heavy atom. The fourth-order valence-electron chi connectivity index (χ4n) is 4.90. The van der Waals surface area contributed by atoms with Gasteiger partial charge in [0.05, 0.1) is 33.7 Å². The van der Waals surface area contributed by atoms with Crippen molar-refractivity contribution < 1.29 is 15.3 Å². The topological polar surface area (TPSA) is 149 Å². The van der Waals surface area contributed by atoms with E-state index < -0.39 is 29.8 Å². The summed E-state index contributed by atoms with van der Waals surface area (Å²) < 4.78 is 0.997. The van der Waals surface area contributed by atoms with Crippen LogP contribution in [0.25, 0.3) is 20.8 Å². The highest BCUT2D eigenvalue weighted by molar-refractivity contribution is 7.21. The van der Waals surface area contributed by atoms with E-state index in [2.05, 4.69) is 25.6 Å². The van der Waals surface area contributed by atoms with Crippen LogP contribution in [0.1, 0.15) is 37.4 Å². The summed E-state index contributed by atoms with van der Waals surface area (Å²) in [7, 11) is 0. The minimum absolute atomic E-state index is 0.363. The smallest absolute Gasteiger partial charge is 0.229 e. The third-order valence-electron chi connectivity index (χ3n) is 6.76. The molecule has 5 N–H and O–H groups in total. The Bertz CT molecular complexity index is 1430. The molecule has 1 saturated carbocycles. The quantitative estimate of drug-likeness (QED) is 0.255. The molecular weight excluding hydrogens is 490 g/mol. The molecule has 37 heavy (non-hydrogen) atoms. The number of anilines is 3. The third kappa shape index (κ3) is 5.12. The van der Waals surface area contributed by atoms with Crippen molar-refractivity contribution in [2.45, 2.75) is 64.9 Å². The first kappa shape index (κ1) is 25.4. The number of aromatic nitrogens is 5. The van der Waals surface area contributed by atoms with Gasteiger partial charge in [0, 0.05) is 35.4 Å². The lowest BCUT2D eigenvalue weighted by Gasteiger charge is -2.28. The van der Waals surface area contributed by atoms with Gasteiger partial charge in [-0.25, -0.2) is 9.97 Å². The fraction of sp³-hybridized carbons (Fsp3) is 0.423. The van der Waals surface area contributed by atoms with Gasteiger partial charge in [0.2, 0.25) is 5.95 Å². The maximum Gasteiger partial charge on any atom is 0.229 e. The van der Waals surface area contributed by atoms with E-state index in [9.17, 15) is 15.3 Å². The molecule has 1 fully saturated rings. The van der Waals surface area contributed by atoms with Gasteiger partial charge in [-0.2, -0.15) is 4.98 Å². The Labute approximate surface area is 218 Å². The molecule has 4 aromatic heterocycles. The molecule has 0 spiro atoms. The minimum Gasteiger partial charge on any atom is -0.390 e. The summed E-state index contributed by atoms with van der Waals surface area (Å²) in [6.45, 7) is 9.05. The van der Waals surface area contributed by atoms with Crippen molar-refractivity contribution in [1.29, 1.82) is 0 Å². The highest BCUT2D eigenvalue weighted by Crippen LogP contribution is 2.39. The number of aliphatic hydroxyl groups is 3. The summed E-state index contributed by atoms with van der Waals surface area (Å²) >= 11 is 1.50. The van der Waals surface area contributed by atoms with Gasteiger partial charge in [0.15, 0.2) is 0 Å². The van der Waals surface area contributed by atoms with Crippen molar-refractivity contribution in [2.24, 2.45) is 5.92 Å². The molecule has 0 amide bonds. The Balaban J connectivity index is 1.54. The molecule has 4 atom stereocenters. The van der Waals surface area contributed by atoms with Crippen LogP contribution in [0.4, 0.5) is 17.5 Å². The number of nitrogens with zero attached hydrogens (tertiary/aromatic N) is 5. The molecule has 4 aromatic rings. The van der Waals surface area contributed by atoms with Crippen LogP contribution in [-0.2, 0) is 0 Å². The molecule has 1 aliphatic carbocycles. The maximum absolute atomic E-state index is 10.8. The molecule has 0 radical (unpaired) electrons. The molecule has 5 rings (SSSR count). The van der Waals surface area contributed by atoms with Crippen molar-refractivity contribution in [2.75, 3.05) is 10.6 Å². The summed E-state index contributed by atoms with van der Waals surface area (Å²) in [4.78, 5) is 22.8. The molecule has 1 aliphatic rings. The second-order valence-corrected chi connectivity index (χ2v) is 11.2. The number of fused-ring (bicyclic) bond motifs is 1. The van der Waals surface area contributed by atoms with Gasteiger partial charge >= 0.3 is 0 Å². The summed E-state index contributed by atoms with van der Waals surface area (Å²) in [5, 5.41) is 39.3. The average molecular weight is 522 g/mol. The number of hydrogen-bond acceptors (Lipinski definition) is 11. The zero-order valence-corrected chi connectivity index (χ0v) is 22.2. The molecule has 4 heterocycles. The predicted octanol–water partition coefficient (Wildman–Crippen LogP) is 3.51. The van der Waals surface area contributed by atoms with Crippen LogP contribution in [-0.4, -0.2) is 64.1 Å². The number of thiazole rings is 1. The summed E-state index contributed by atoms with van der Waals surface area (Å²) in [5.74, 6) is 0.335. The van der Waals surface area contributed by atoms with Crippen molar-refractivity contribution in [3.63, 3.8) is 0 Å². The Kier molecular flexibility index (Phi) is 6.57. The molecule has 0 bridgehead atoms. The summed E-state index contributed by atoms with van der Waals surface area (Å²) in [6.07, 6.45) is 1.67. The average Bonchev–Trinajstić information content (AvgIpc) is 3.36. The third-order valence-corrected chi connectivity index (χ3v) is 7.81. The molecule has 0 aliphatic heterocycles. The van der Waals surface area contributed by atoms with Crippen molar-refractivity contribution in [1.82, 2.24) is 24.9 Å². The van der Waals surface area contributed by atoms with Crippen molar-refractivity contribution >= 4 is 39.0 Å². The first-order chi connectivity index (χ1) is 17.5. The molecule has 0 aromatic carbocycles. The van der Waals surface area contributed by atoms with E-state index in [0.29, 0.717) is 28.8 Å². The highest BCUT2D eigenvalue weighted by atomic mass is 32.1. The van der Waals surface area contributed by atoms with Gasteiger partial charge in [0.1, 0.15) is 22.4 Å². The van der Waals surface area contributed by atoms with Crippen LogP contribution in [0.15, 0.2) is 30.6 Å². The first-order valence-corrected chi connectivity index (χ1v) is 13.0. The number of pyridine rings is 2. The molecule has 0 saturated heterocycles. The van der Waals surface area contributed by atoms with E-state index in [1.165, 1.54) is 11.3 Å². The predicted molar refractivity (Wildman–Crippen MR) is 144 cm³/mol. The molecule has 194 valence electrons. The lowest BCUT2D eigenvalue weighted by molar-refractivity contribution is -0.0601. The minimum atomic E-state index is -1.15. The zero-order valence-electron chi connectivity index (χ0n) is 21.4. The van der Waals surface area contributed by atoms with Crippen LogP contribution >= 0.6 is 11.3 Å². The van der Waals surface area contributed by atoms with Gasteiger partial charge in [-0.1, -0.05) is 0 Å². The van der Waals surface area contributed by atoms with E-state index in [-0.39, 0.29) is 0 Å². The monoisotopic (exact) mass is 521 g/mol. The number of rotatable bonds is 6. The summed E-state index contributed by atoms with van der Waals surface area (Å²) in [5.41, 5.74) is 3.72. The number of nitrogens with one attached hydrogen (secondary N) is 2. The lowest BCUT2D eigenvalue weighted by Crippen LogP contribution is -2.40. The SMILES string of the molecule is Cc1cc(Nc2ncc(-c3nc4c(C)nccc4s3)c(NC3C[C@@H](C(C)(C)O)[C@@H](O)[C@H]3O)n2)cc(C)n1. The lowest BCUT2D eigenvalue weighted by atomic mass is 9.88. The number of hydrogen-bond donors (Lipinski definition) is 5. The molecular formula is C26H31N7O3S. The zero-order chi connectivity index (χ0) is 26.5. The summed E-state index contributed by atoms with van der Waals surface area (Å²) in [6, 6.07) is 5.21. The normalized spacial score (nSPS) is 21.9. The van der Waals surface area contributed by atoms with Crippen LogP contribution in [0, 0.1) is 26.7 Å².